The van der Waals surface area contributed by atoms with E-state index in [2.05, 4.69) is 22.1 Å². The summed E-state index contributed by atoms with van der Waals surface area (Å²) >= 11 is 0. The second-order valence-corrected chi connectivity index (χ2v) is 9.98. The van der Waals surface area contributed by atoms with E-state index in [1.165, 1.54) is 55.9 Å². The second-order valence-electron chi connectivity index (χ2n) is 9.98. The largest absolute Gasteiger partial charge is 0.392 e. The highest BCUT2D eigenvalue weighted by Gasteiger charge is 2.28. The number of rotatable bonds is 19. The maximum atomic E-state index is 12.1. The minimum absolute atomic E-state index is 0.245. The maximum absolute atomic E-state index is 12.1. The first-order valence-electron chi connectivity index (χ1n) is 13.6. The Morgan fingerprint density at radius 1 is 0.912 bits per heavy atom. The van der Waals surface area contributed by atoms with Crippen LogP contribution in [0.15, 0.2) is 9.59 Å². The number of aromatic amines is 1. The molecule has 1 aromatic heterocycles. The predicted molar refractivity (Wildman–Crippen MR) is 142 cm³/mol. The number of nitrogens with one attached hydrogen (secondary N) is 2. The summed E-state index contributed by atoms with van der Waals surface area (Å²) in [5, 5.41) is 13.6. The Kier molecular flexibility index (Phi) is 13.4. The third kappa shape index (κ3) is 9.45. The van der Waals surface area contributed by atoms with E-state index in [0.717, 1.165) is 57.4 Å². The average Bonchev–Trinajstić information content (AvgIpc) is 3.14. The SMILES string of the molecule is CCCCCCCCCCNCC(O)CCCCCCCN1CN(C)c2c1n(C)c(=O)[nH]c2=O. The molecule has 0 fully saturated rings. The summed E-state index contributed by atoms with van der Waals surface area (Å²) in [4.78, 5) is 30.5. The topological polar surface area (TPSA) is 93.6 Å². The summed E-state index contributed by atoms with van der Waals surface area (Å²) in [6, 6.07) is 0. The van der Waals surface area contributed by atoms with Crippen molar-refractivity contribution in [2.24, 2.45) is 7.05 Å². The van der Waals surface area contributed by atoms with Gasteiger partial charge < -0.3 is 20.2 Å². The molecule has 2 rings (SSSR count). The lowest BCUT2D eigenvalue weighted by atomic mass is 10.1. The van der Waals surface area contributed by atoms with Gasteiger partial charge in [0.2, 0.25) is 0 Å². The van der Waals surface area contributed by atoms with E-state index in [0.29, 0.717) is 18.9 Å². The Bertz CT molecular complexity index is 807. The summed E-state index contributed by atoms with van der Waals surface area (Å²) in [5.41, 5.74) is -0.101. The molecule has 0 bridgehead atoms. The summed E-state index contributed by atoms with van der Waals surface area (Å²) in [6.07, 6.45) is 16.7. The summed E-state index contributed by atoms with van der Waals surface area (Å²) in [7, 11) is 3.59. The van der Waals surface area contributed by atoms with Crippen LogP contribution < -0.4 is 26.4 Å². The van der Waals surface area contributed by atoms with E-state index in [1.807, 2.05) is 11.9 Å². The molecule has 0 spiro atoms. The Labute approximate surface area is 205 Å². The number of H-pyrrole nitrogens is 1. The molecular weight excluding hydrogens is 430 g/mol. The Morgan fingerprint density at radius 3 is 2.24 bits per heavy atom. The molecule has 1 atom stereocenters. The fourth-order valence-electron chi connectivity index (χ4n) is 4.84. The number of aliphatic hydroxyl groups excluding tert-OH is 1. The van der Waals surface area contributed by atoms with Gasteiger partial charge in [0.1, 0.15) is 11.5 Å². The highest BCUT2D eigenvalue weighted by Crippen LogP contribution is 2.29. The molecule has 1 aliphatic rings. The number of unbranched alkanes of at least 4 members (excludes halogenated alkanes) is 11. The van der Waals surface area contributed by atoms with Gasteiger partial charge in [0.15, 0.2) is 0 Å². The van der Waals surface area contributed by atoms with Crippen molar-refractivity contribution in [3.63, 3.8) is 0 Å². The van der Waals surface area contributed by atoms with Crippen LogP contribution in [0.1, 0.15) is 96.8 Å². The van der Waals surface area contributed by atoms with E-state index in [4.69, 9.17) is 0 Å². The highest BCUT2D eigenvalue weighted by atomic mass is 16.3. The normalized spacial score (nSPS) is 14.1. The number of anilines is 2. The van der Waals surface area contributed by atoms with Crippen LogP contribution in [0.3, 0.4) is 0 Å². The van der Waals surface area contributed by atoms with Crippen LogP contribution in [0.5, 0.6) is 0 Å². The van der Waals surface area contributed by atoms with Crippen LogP contribution in [-0.2, 0) is 7.05 Å². The highest BCUT2D eigenvalue weighted by molar-refractivity contribution is 5.71. The fourth-order valence-corrected chi connectivity index (χ4v) is 4.84. The van der Waals surface area contributed by atoms with Crippen molar-refractivity contribution in [3.8, 4) is 0 Å². The molecule has 1 aliphatic heterocycles. The lowest BCUT2D eigenvalue weighted by molar-refractivity contribution is 0.158. The Balaban J connectivity index is 1.46. The molecule has 8 heteroatoms. The zero-order valence-corrected chi connectivity index (χ0v) is 21.9. The molecule has 34 heavy (non-hydrogen) atoms. The van der Waals surface area contributed by atoms with Crippen LogP contribution in [-0.4, -0.2) is 54.1 Å². The van der Waals surface area contributed by atoms with Crippen molar-refractivity contribution in [2.45, 2.75) is 103 Å². The molecule has 3 N–H and O–H groups in total. The van der Waals surface area contributed by atoms with Gasteiger partial charge >= 0.3 is 5.69 Å². The minimum Gasteiger partial charge on any atom is -0.392 e. The minimum atomic E-state index is -0.366. The molecule has 1 aromatic rings. The van der Waals surface area contributed by atoms with Crippen LogP contribution >= 0.6 is 0 Å². The van der Waals surface area contributed by atoms with Crippen molar-refractivity contribution in [1.29, 1.82) is 0 Å². The quantitative estimate of drug-likeness (QED) is 0.262. The summed E-state index contributed by atoms with van der Waals surface area (Å²) < 4.78 is 1.53. The third-order valence-corrected chi connectivity index (χ3v) is 6.89. The number of hydrogen-bond donors (Lipinski definition) is 3. The van der Waals surface area contributed by atoms with E-state index >= 15 is 0 Å². The van der Waals surface area contributed by atoms with E-state index in [9.17, 15) is 14.7 Å². The van der Waals surface area contributed by atoms with Gasteiger partial charge in [-0.2, -0.15) is 0 Å². The summed E-state index contributed by atoms with van der Waals surface area (Å²) in [5.74, 6) is 0.721. The first-order chi connectivity index (χ1) is 16.5. The van der Waals surface area contributed by atoms with Gasteiger partial charge in [0, 0.05) is 27.2 Å². The van der Waals surface area contributed by atoms with Crippen LogP contribution in [0.4, 0.5) is 11.5 Å². The van der Waals surface area contributed by atoms with E-state index in [1.54, 1.807) is 7.05 Å². The van der Waals surface area contributed by atoms with Crippen LogP contribution in [0.2, 0.25) is 0 Å². The van der Waals surface area contributed by atoms with Gasteiger partial charge in [0.25, 0.3) is 5.56 Å². The van der Waals surface area contributed by atoms with Crippen LogP contribution in [0.25, 0.3) is 0 Å². The number of fused-ring (bicyclic) bond motifs is 1. The molecule has 0 saturated carbocycles. The Hall–Kier alpha value is -1.80. The standard InChI is InChI=1S/C26H49N5O3/c1-4-5-6-7-8-9-12-15-18-27-20-22(32)17-14-11-10-13-16-19-31-21-29(2)23-24(33)28-26(34)30(3)25(23)31/h22,27,32H,4-21H2,1-3H3,(H,28,33,34). The Morgan fingerprint density at radius 2 is 1.53 bits per heavy atom. The molecule has 0 aliphatic carbocycles. The maximum Gasteiger partial charge on any atom is 0.329 e. The van der Waals surface area contributed by atoms with Crippen LogP contribution in [0, 0.1) is 0 Å². The van der Waals surface area contributed by atoms with Gasteiger partial charge in [-0.3, -0.25) is 14.3 Å². The molecular formula is C26H49N5O3. The van der Waals surface area contributed by atoms with Gasteiger partial charge in [-0.1, -0.05) is 77.6 Å². The zero-order chi connectivity index (χ0) is 24.8. The first kappa shape index (κ1) is 28.4. The van der Waals surface area contributed by atoms with Crippen molar-refractivity contribution >= 4 is 11.5 Å². The van der Waals surface area contributed by atoms with Crippen molar-refractivity contribution < 1.29 is 5.11 Å². The monoisotopic (exact) mass is 479 g/mol. The number of aromatic nitrogens is 2. The molecule has 0 saturated heterocycles. The number of aliphatic hydroxyl groups is 1. The molecule has 0 radical (unpaired) electrons. The molecule has 0 aromatic carbocycles. The molecule has 1 unspecified atom stereocenters. The molecule has 196 valence electrons. The molecule has 0 amide bonds. The molecule has 2 heterocycles. The van der Waals surface area contributed by atoms with Gasteiger partial charge in [-0.05, 0) is 25.8 Å². The number of hydrogen-bond acceptors (Lipinski definition) is 6. The van der Waals surface area contributed by atoms with Crippen molar-refractivity contribution in [3.05, 3.63) is 20.8 Å². The third-order valence-electron chi connectivity index (χ3n) is 6.89. The predicted octanol–water partition coefficient (Wildman–Crippen LogP) is 3.72. The smallest absolute Gasteiger partial charge is 0.329 e. The lowest BCUT2D eigenvalue weighted by Crippen LogP contribution is -2.32. The number of nitrogens with zero attached hydrogens (tertiary/aromatic N) is 3. The molecule has 8 nitrogen and oxygen atoms in total. The fraction of sp³-hybridized carbons (Fsp3) is 0.846. The first-order valence-corrected chi connectivity index (χ1v) is 13.6. The van der Waals surface area contributed by atoms with E-state index in [-0.39, 0.29) is 17.4 Å². The van der Waals surface area contributed by atoms with Crippen molar-refractivity contribution in [1.82, 2.24) is 14.9 Å². The summed E-state index contributed by atoms with van der Waals surface area (Å²) in [6.45, 7) is 5.44. The van der Waals surface area contributed by atoms with Gasteiger partial charge in [0.05, 0.1) is 12.8 Å². The lowest BCUT2D eigenvalue weighted by Gasteiger charge is -2.20. The van der Waals surface area contributed by atoms with Crippen molar-refractivity contribution in [2.75, 3.05) is 43.2 Å². The average molecular weight is 480 g/mol. The zero-order valence-electron chi connectivity index (χ0n) is 21.9. The van der Waals surface area contributed by atoms with Gasteiger partial charge in [-0.25, -0.2) is 4.79 Å². The second kappa shape index (κ2) is 16.0. The van der Waals surface area contributed by atoms with E-state index < -0.39 is 0 Å². The van der Waals surface area contributed by atoms with Gasteiger partial charge in [-0.15, -0.1) is 0 Å².